The van der Waals surface area contributed by atoms with Crippen LogP contribution in [0.3, 0.4) is 0 Å². The Bertz CT molecular complexity index is 1370. The Kier molecular flexibility index (Phi) is 4.57. The average molecular weight is 439 g/mol. The van der Waals surface area contributed by atoms with E-state index in [1.807, 2.05) is 22.8 Å². The molecule has 0 aliphatic carbocycles. The molecule has 4 heterocycles. The Labute approximate surface area is 179 Å². The second-order valence-corrected chi connectivity index (χ2v) is 7.96. The van der Waals surface area contributed by atoms with E-state index in [1.54, 1.807) is 18.6 Å². The minimum Gasteiger partial charge on any atom is -0.382 e. The molecule has 0 bridgehead atoms. The molecular weight excluding hydrogens is 424 g/mol. The summed E-state index contributed by atoms with van der Waals surface area (Å²) in [7, 11) is 0. The van der Waals surface area contributed by atoms with Crippen molar-refractivity contribution in [2.75, 3.05) is 5.73 Å². The maximum absolute atomic E-state index is 12.2. The molecule has 30 heavy (non-hydrogen) atoms. The molecule has 0 unspecified atom stereocenters. The van der Waals surface area contributed by atoms with Gasteiger partial charge in [0.05, 0.1) is 24.9 Å². The number of aromatic nitrogens is 6. The van der Waals surface area contributed by atoms with Gasteiger partial charge in [0.25, 0.3) is 5.91 Å². The highest BCUT2D eigenvalue weighted by atomic mass is 35.5. The highest BCUT2D eigenvalue weighted by Gasteiger charge is 2.13. The number of anilines is 1. The molecule has 0 saturated carbocycles. The van der Waals surface area contributed by atoms with E-state index < -0.39 is 0 Å². The van der Waals surface area contributed by atoms with Gasteiger partial charge in [0, 0.05) is 22.3 Å². The van der Waals surface area contributed by atoms with Gasteiger partial charge in [-0.25, -0.2) is 19.3 Å². The van der Waals surface area contributed by atoms with Crippen LogP contribution in [0.25, 0.3) is 22.1 Å². The summed E-state index contributed by atoms with van der Waals surface area (Å²) >= 11 is 7.51. The summed E-state index contributed by atoms with van der Waals surface area (Å²) in [6.07, 6.45) is 4.71. The first-order valence-corrected chi connectivity index (χ1v) is 10.1. The van der Waals surface area contributed by atoms with Crippen LogP contribution >= 0.6 is 23.1 Å². The molecule has 0 atom stereocenters. The van der Waals surface area contributed by atoms with E-state index in [9.17, 15) is 4.79 Å². The van der Waals surface area contributed by atoms with Crippen molar-refractivity contribution in [3.63, 3.8) is 0 Å². The molecule has 5 aromatic rings. The number of nitrogens with zero attached hydrogens (tertiary/aromatic N) is 5. The van der Waals surface area contributed by atoms with Crippen molar-refractivity contribution in [2.45, 2.75) is 13.1 Å². The lowest BCUT2D eigenvalue weighted by Crippen LogP contribution is -2.21. The quantitative estimate of drug-likeness (QED) is 0.387. The van der Waals surface area contributed by atoms with E-state index in [-0.39, 0.29) is 5.91 Å². The zero-order chi connectivity index (χ0) is 20.7. The summed E-state index contributed by atoms with van der Waals surface area (Å²) < 4.78 is 5.84. The number of rotatable bonds is 5. The van der Waals surface area contributed by atoms with E-state index in [0.717, 1.165) is 33.7 Å². The summed E-state index contributed by atoms with van der Waals surface area (Å²) in [4.78, 5) is 28.7. The van der Waals surface area contributed by atoms with Crippen LogP contribution in [-0.4, -0.2) is 34.8 Å². The van der Waals surface area contributed by atoms with Gasteiger partial charge in [-0.1, -0.05) is 11.6 Å². The highest BCUT2D eigenvalue weighted by molar-refractivity contribution is 7.08. The summed E-state index contributed by atoms with van der Waals surface area (Å²) in [5, 5.41) is 4.47. The predicted molar refractivity (Wildman–Crippen MR) is 115 cm³/mol. The van der Waals surface area contributed by atoms with Gasteiger partial charge in [0.1, 0.15) is 16.7 Å². The number of nitrogen functional groups attached to an aromatic ring is 1. The number of carbonyl (C=O) groups excluding carboxylic acids is 1. The number of imidazole rings is 1. The highest BCUT2D eigenvalue weighted by Crippen LogP contribution is 2.26. The Morgan fingerprint density at radius 3 is 3.00 bits per heavy atom. The van der Waals surface area contributed by atoms with Gasteiger partial charge >= 0.3 is 0 Å². The number of carbonyl (C=O) groups is 1. The predicted octanol–water partition coefficient (Wildman–Crippen LogP) is 2.98. The average Bonchev–Trinajstić information content (AvgIpc) is 3.46. The number of amides is 1. The molecule has 4 aromatic heterocycles. The van der Waals surface area contributed by atoms with Crippen molar-refractivity contribution in [1.82, 2.24) is 34.2 Å². The number of benzene rings is 1. The van der Waals surface area contributed by atoms with Gasteiger partial charge in [-0.3, -0.25) is 4.79 Å². The van der Waals surface area contributed by atoms with Crippen LogP contribution in [-0.2, 0) is 13.1 Å². The molecule has 0 fully saturated rings. The molecule has 150 valence electrons. The molecule has 1 aromatic carbocycles. The Morgan fingerprint density at radius 1 is 1.27 bits per heavy atom. The lowest BCUT2D eigenvalue weighted by Gasteiger charge is -2.07. The van der Waals surface area contributed by atoms with Gasteiger partial charge in [-0.2, -0.15) is 0 Å². The van der Waals surface area contributed by atoms with Crippen LogP contribution in [0.15, 0.2) is 43.1 Å². The molecule has 0 aliphatic rings. The van der Waals surface area contributed by atoms with E-state index in [0.29, 0.717) is 40.0 Å². The number of aromatic amines is 1. The molecule has 5 rings (SSSR count). The summed E-state index contributed by atoms with van der Waals surface area (Å²) in [5.74, 6) is 0.186. The molecule has 4 N–H and O–H groups in total. The van der Waals surface area contributed by atoms with Crippen LogP contribution in [0.4, 0.5) is 5.82 Å². The van der Waals surface area contributed by atoms with E-state index >= 15 is 0 Å². The topological polar surface area (TPSA) is 127 Å². The SMILES string of the molecule is Nc1ncnc2c1ncn2Cc1cc(Cl)cc2cc(CNC(=O)c3ccns3)[nH]c12. The maximum Gasteiger partial charge on any atom is 0.263 e. The number of hydrogen-bond donors (Lipinski definition) is 3. The molecule has 0 radical (unpaired) electrons. The molecule has 0 spiro atoms. The fraction of sp³-hybridized carbons (Fsp3) is 0.105. The number of H-pyrrole nitrogens is 1. The first kappa shape index (κ1) is 18.5. The van der Waals surface area contributed by atoms with Gasteiger partial charge in [-0.05, 0) is 41.4 Å². The minimum atomic E-state index is -0.156. The van der Waals surface area contributed by atoms with Crippen LogP contribution in [0.5, 0.6) is 0 Å². The van der Waals surface area contributed by atoms with Crippen molar-refractivity contribution < 1.29 is 4.79 Å². The van der Waals surface area contributed by atoms with Gasteiger partial charge in [0.15, 0.2) is 11.5 Å². The third-order valence-electron chi connectivity index (χ3n) is 4.70. The molecule has 0 aliphatic heterocycles. The normalized spacial score (nSPS) is 11.4. The standard InChI is InChI=1S/C19H15ClN8OS/c20-12-3-10-5-13(6-22-19(29)14-1-2-26-30-14)27-15(10)11(4-12)7-28-9-25-16-17(21)23-8-24-18(16)28/h1-5,8-9,27H,6-7H2,(H,22,29)(H2,21,23,24). The van der Waals surface area contributed by atoms with Gasteiger partial charge in [-0.15, -0.1) is 0 Å². The summed E-state index contributed by atoms with van der Waals surface area (Å²) in [5.41, 5.74) is 9.87. The van der Waals surface area contributed by atoms with Crippen molar-refractivity contribution in [3.8, 4) is 0 Å². The smallest absolute Gasteiger partial charge is 0.263 e. The molecular formula is C19H15ClN8OS. The molecule has 9 nitrogen and oxygen atoms in total. The Morgan fingerprint density at radius 2 is 2.17 bits per heavy atom. The zero-order valence-corrected chi connectivity index (χ0v) is 17.0. The fourth-order valence-electron chi connectivity index (χ4n) is 3.35. The number of nitrogens with two attached hydrogens (primary N) is 1. The zero-order valence-electron chi connectivity index (χ0n) is 15.5. The number of fused-ring (bicyclic) bond motifs is 2. The Balaban J connectivity index is 1.45. The maximum atomic E-state index is 12.2. The summed E-state index contributed by atoms with van der Waals surface area (Å²) in [6.45, 7) is 0.859. The lowest BCUT2D eigenvalue weighted by atomic mass is 10.1. The number of halogens is 1. The third kappa shape index (κ3) is 3.36. The first-order valence-electron chi connectivity index (χ1n) is 8.98. The monoisotopic (exact) mass is 438 g/mol. The van der Waals surface area contributed by atoms with Crippen molar-refractivity contribution >= 4 is 56.9 Å². The molecule has 11 heteroatoms. The van der Waals surface area contributed by atoms with Crippen LogP contribution < -0.4 is 11.1 Å². The largest absolute Gasteiger partial charge is 0.382 e. The third-order valence-corrected chi connectivity index (χ3v) is 5.67. The van der Waals surface area contributed by atoms with E-state index in [1.165, 1.54) is 6.33 Å². The van der Waals surface area contributed by atoms with Crippen LogP contribution in [0, 0.1) is 0 Å². The summed E-state index contributed by atoms with van der Waals surface area (Å²) in [6, 6.07) is 7.45. The minimum absolute atomic E-state index is 0.156. The second-order valence-electron chi connectivity index (χ2n) is 6.69. The van der Waals surface area contributed by atoms with Gasteiger partial charge in [0.2, 0.25) is 0 Å². The van der Waals surface area contributed by atoms with Crippen molar-refractivity contribution in [1.29, 1.82) is 0 Å². The van der Waals surface area contributed by atoms with Crippen molar-refractivity contribution in [3.05, 3.63) is 64.3 Å². The second kappa shape index (κ2) is 7.39. The first-order chi connectivity index (χ1) is 14.6. The number of nitrogens with one attached hydrogen (secondary N) is 2. The van der Waals surface area contributed by atoms with Gasteiger partial charge < -0.3 is 20.6 Å². The molecule has 0 saturated heterocycles. The molecule has 1 amide bonds. The lowest BCUT2D eigenvalue weighted by molar-refractivity contribution is 0.0954. The van der Waals surface area contributed by atoms with Crippen LogP contribution in [0.2, 0.25) is 5.02 Å². The fourth-order valence-corrected chi connectivity index (χ4v) is 4.11. The van der Waals surface area contributed by atoms with E-state index in [2.05, 4.69) is 29.6 Å². The Hall–Kier alpha value is -3.50. The van der Waals surface area contributed by atoms with Crippen molar-refractivity contribution in [2.24, 2.45) is 0 Å². The van der Waals surface area contributed by atoms with E-state index in [4.69, 9.17) is 17.3 Å². The van der Waals surface area contributed by atoms with Crippen LogP contribution in [0.1, 0.15) is 20.9 Å². The number of hydrogen-bond acceptors (Lipinski definition) is 7.